The predicted octanol–water partition coefficient (Wildman–Crippen LogP) is 3.47. The van der Waals surface area contributed by atoms with E-state index in [1.54, 1.807) is 7.11 Å². The highest BCUT2D eigenvalue weighted by Gasteiger charge is 2.15. The van der Waals surface area contributed by atoms with Crippen LogP contribution in [0, 0.1) is 0 Å². The number of aliphatic hydroxyl groups is 1. The third-order valence-electron chi connectivity index (χ3n) is 4.03. The second-order valence-corrected chi connectivity index (χ2v) is 5.78. The number of carbonyl (C=O) groups is 1. The molecule has 0 spiro atoms. The van der Waals surface area contributed by atoms with Gasteiger partial charge in [-0.05, 0) is 22.9 Å². The number of aliphatic hydroxyl groups excluding tert-OH is 1. The van der Waals surface area contributed by atoms with Gasteiger partial charge >= 0.3 is 5.97 Å². The van der Waals surface area contributed by atoms with Crippen molar-refractivity contribution in [3.63, 3.8) is 0 Å². The van der Waals surface area contributed by atoms with Gasteiger partial charge in [0.05, 0.1) is 12.5 Å². The van der Waals surface area contributed by atoms with Crippen molar-refractivity contribution < 1.29 is 24.1 Å². The molecule has 3 aromatic rings. The summed E-state index contributed by atoms with van der Waals surface area (Å²) in [6, 6.07) is 15.7. The number of carbonyl (C=O) groups excluding carboxylic acids is 1. The van der Waals surface area contributed by atoms with Crippen LogP contribution in [0.1, 0.15) is 0 Å². The molecule has 5 nitrogen and oxygen atoms in total. The van der Waals surface area contributed by atoms with E-state index in [4.69, 9.17) is 14.2 Å². The molecule has 5 heteroatoms. The molecule has 0 bridgehead atoms. The fourth-order valence-corrected chi connectivity index (χ4v) is 2.83. The molecule has 3 aromatic carbocycles. The Kier molecular flexibility index (Phi) is 5.39. The summed E-state index contributed by atoms with van der Waals surface area (Å²) in [6.45, 7) is 3.13. The van der Waals surface area contributed by atoms with Crippen LogP contribution in [0.5, 0.6) is 11.5 Å². The second-order valence-electron chi connectivity index (χ2n) is 5.78. The Bertz CT molecular complexity index is 948. The van der Waals surface area contributed by atoms with Crippen molar-refractivity contribution in [2.75, 3.05) is 20.3 Å². The largest absolute Gasteiger partial charge is 0.496 e. The third-order valence-corrected chi connectivity index (χ3v) is 4.03. The quantitative estimate of drug-likeness (QED) is 0.401. The fraction of sp³-hybridized carbons (Fsp3) is 0.190. The zero-order chi connectivity index (χ0) is 18.5. The Labute approximate surface area is 151 Å². The molecule has 0 saturated carbocycles. The maximum atomic E-state index is 11.1. The first-order valence-electron chi connectivity index (χ1n) is 8.22. The molecule has 26 heavy (non-hydrogen) atoms. The summed E-state index contributed by atoms with van der Waals surface area (Å²) in [5.41, 5.74) is 0. The maximum Gasteiger partial charge on any atom is 0.330 e. The smallest absolute Gasteiger partial charge is 0.330 e. The lowest BCUT2D eigenvalue weighted by Gasteiger charge is -2.17. The Morgan fingerprint density at radius 1 is 1.15 bits per heavy atom. The Morgan fingerprint density at radius 2 is 1.92 bits per heavy atom. The van der Waals surface area contributed by atoms with Gasteiger partial charge in [-0.15, -0.1) is 0 Å². The highest BCUT2D eigenvalue weighted by Crippen LogP contribution is 2.40. The van der Waals surface area contributed by atoms with E-state index in [9.17, 15) is 9.90 Å². The molecule has 0 aliphatic heterocycles. The Hall–Kier alpha value is -3.05. The van der Waals surface area contributed by atoms with Crippen molar-refractivity contribution >= 4 is 27.5 Å². The van der Waals surface area contributed by atoms with Crippen molar-refractivity contribution in [1.82, 2.24) is 0 Å². The zero-order valence-electron chi connectivity index (χ0n) is 14.5. The van der Waals surface area contributed by atoms with E-state index in [1.807, 2.05) is 42.5 Å². The summed E-state index contributed by atoms with van der Waals surface area (Å²) in [5.74, 6) is 0.738. The Morgan fingerprint density at radius 3 is 2.69 bits per heavy atom. The first kappa shape index (κ1) is 17.8. The molecular weight excluding hydrogens is 332 g/mol. The molecule has 0 aromatic heterocycles. The van der Waals surface area contributed by atoms with E-state index in [1.165, 1.54) is 0 Å². The van der Waals surface area contributed by atoms with Crippen LogP contribution in [0.4, 0.5) is 0 Å². The first-order valence-corrected chi connectivity index (χ1v) is 8.22. The molecule has 0 saturated heterocycles. The number of esters is 1. The van der Waals surface area contributed by atoms with Crippen molar-refractivity contribution in [1.29, 1.82) is 0 Å². The average molecular weight is 352 g/mol. The van der Waals surface area contributed by atoms with Crippen molar-refractivity contribution in [2.24, 2.45) is 0 Å². The summed E-state index contributed by atoms with van der Waals surface area (Å²) in [5, 5.41) is 13.8. The van der Waals surface area contributed by atoms with E-state index in [0.29, 0.717) is 11.5 Å². The molecule has 0 radical (unpaired) electrons. The van der Waals surface area contributed by atoms with E-state index in [0.717, 1.165) is 27.6 Å². The van der Waals surface area contributed by atoms with Gasteiger partial charge in [-0.2, -0.15) is 0 Å². The molecule has 134 valence electrons. The van der Waals surface area contributed by atoms with Gasteiger partial charge in [0.15, 0.2) is 0 Å². The van der Waals surface area contributed by atoms with E-state index in [2.05, 4.69) is 12.6 Å². The van der Waals surface area contributed by atoms with Crippen molar-refractivity contribution in [2.45, 2.75) is 6.10 Å². The van der Waals surface area contributed by atoms with Gasteiger partial charge in [-0.1, -0.05) is 43.0 Å². The number of benzene rings is 3. The number of rotatable bonds is 7. The van der Waals surface area contributed by atoms with Crippen molar-refractivity contribution in [3.05, 3.63) is 61.2 Å². The number of ether oxygens (including phenoxy) is 3. The summed E-state index contributed by atoms with van der Waals surface area (Å²) >= 11 is 0. The summed E-state index contributed by atoms with van der Waals surface area (Å²) in [4.78, 5) is 11.1. The molecule has 1 unspecified atom stereocenters. The first-order chi connectivity index (χ1) is 12.6. The van der Waals surface area contributed by atoms with E-state index in [-0.39, 0.29) is 13.2 Å². The van der Waals surface area contributed by atoms with Gasteiger partial charge in [-0.25, -0.2) is 4.79 Å². The molecule has 0 aliphatic rings. The van der Waals surface area contributed by atoms with Crippen LogP contribution >= 0.6 is 0 Å². The standard InChI is InChI=1S/C21H20O5/c1-3-19(23)25-12-16(22)13-26-21-17-9-5-4-7-14(17)11-15-8-6-10-18(24-2)20(15)21/h3-11,16,22H,1,12-13H2,2H3. The summed E-state index contributed by atoms with van der Waals surface area (Å²) < 4.78 is 16.3. The average Bonchev–Trinajstić information content (AvgIpc) is 2.68. The highest BCUT2D eigenvalue weighted by molar-refractivity contribution is 6.07. The van der Waals surface area contributed by atoms with Crippen LogP contribution in [0.25, 0.3) is 21.5 Å². The third kappa shape index (κ3) is 3.63. The minimum absolute atomic E-state index is 0.0222. The maximum absolute atomic E-state index is 11.1. The number of hydrogen-bond acceptors (Lipinski definition) is 5. The minimum Gasteiger partial charge on any atom is -0.496 e. The summed E-state index contributed by atoms with van der Waals surface area (Å²) in [6.07, 6.45) is 0.0963. The molecular formula is C21H20O5. The molecule has 0 fully saturated rings. The molecule has 0 aliphatic carbocycles. The normalized spacial score (nSPS) is 11.9. The molecule has 3 rings (SSSR count). The lowest BCUT2D eigenvalue weighted by Crippen LogP contribution is -2.24. The SMILES string of the molecule is C=CC(=O)OCC(O)COc1c2ccccc2cc2cccc(OC)c12. The van der Waals surface area contributed by atoms with Crippen LogP contribution in [-0.2, 0) is 9.53 Å². The van der Waals surface area contributed by atoms with Crippen LogP contribution in [0.15, 0.2) is 61.2 Å². The van der Waals surface area contributed by atoms with Crippen LogP contribution in [0.3, 0.4) is 0 Å². The van der Waals surface area contributed by atoms with Crippen LogP contribution in [-0.4, -0.2) is 37.5 Å². The van der Waals surface area contributed by atoms with Gasteiger partial charge in [0.2, 0.25) is 0 Å². The van der Waals surface area contributed by atoms with Crippen molar-refractivity contribution in [3.8, 4) is 11.5 Å². The summed E-state index contributed by atoms with van der Waals surface area (Å²) in [7, 11) is 1.61. The van der Waals surface area contributed by atoms with Gasteiger partial charge in [0, 0.05) is 11.5 Å². The van der Waals surface area contributed by atoms with Gasteiger partial charge in [-0.3, -0.25) is 0 Å². The van der Waals surface area contributed by atoms with Gasteiger partial charge in [0.1, 0.15) is 30.8 Å². The highest BCUT2D eigenvalue weighted by atomic mass is 16.5. The molecule has 1 N–H and O–H groups in total. The number of methoxy groups -OCH3 is 1. The predicted molar refractivity (Wildman–Crippen MR) is 101 cm³/mol. The number of hydrogen-bond donors (Lipinski definition) is 1. The second kappa shape index (κ2) is 7.89. The monoisotopic (exact) mass is 352 g/mol. The van der Waals surface area contributed by atoms with Crippen LogP contribution < -0.4 is 9.47 Å². The zero-order valence-corrected chi connectivity index (χ0v) is 14.5. The molecule has 0 heterocycles. The topological polar surface area (TPSA) is 65.0 Å². The van der Waals surface area contributed by atoms with Gasteiger partial charge in [0.25, 0.3) is 0 Å². The Balaban J connectivity index is 1.96. The van der Waals surface area contributed by atoms with E-state index < -0.39 is 12.1 Å². The lowest BCUT2D eigenvalue weighted by atomic mass is 10.0. The molecule has 1 atom stereocenters. The minimum atomic E-state index is -0.956. The molecule has 0 amide bonds. The lowest BCUT2D eigenvalue weighted by molar-refractivity contribution is -0.141. The van der Waals surface area contributed by atoms with Crippen LogP contribution in [0.2, 0.25) is 0 Å². The van der Waals surface area contributed by atoms with Gasteiger partial charge < -0.3 is 19.3 Å². The fourth-order valence-electron chi connectivity index (χ4n) is 2.83. The number of fused-ring (bicyclic) bond motifs is 2. The van der Waals surface area contributed by atoms with E-state index >= 15 is 0 Å².